The number of likely N-dealkylation sites (tertiary alicyclic amines) is 1. The Morgan fingerprint density at radius 2 is 2.09 bits per heavy atom. The minimum Gasteiger partial charge on any atom is -0.439 e. The minimum atomic E-state index is -0.572. The lowest BCUT2D eigenvalue weighted by Gasteiger charge is -2.34. The van der Waals surface area contributed by atoms with Crippen molar-refractivity contribution in [2.75, 3.05) is 26.0 Å². The van der Waals surface area contributed by atoms with Gasteiger partial charge < -0.3 is 9.64 Å². The zero-order valence-corrected chi connectivity index (χ0v) is 13.5. The summed E-state index contributed by atoms with van der Waals surface area (Å²) in [5.41, 5.74) is 0.593. The van der Waals surface area contributed by atoms with E-state index in [9.17, 15) is 14.4 Å². The van der Waals surface area contributed by atoms with Crippen LogP contribution in [0.15, 0.2) is 23.4 Å². The van der Waals surface area contributed by atoms with Gasteiger partial charge in [0.15, 0.2) is 6.61 Å². The second kappa shape index (κ2) is 6.57. The quantitative estimate of drug-likeness (QED) is 0.777. The molecule has 2 aliphatic rings. The smallest absolute Gasteiger partial charge is 0.417 e. The highest BCUT2D eigenvalue weighted by molar-refractivity contribution is 7.98. The molecule has 8 heteroatoms. The molecule has 122 valence electrons. The Bertz CT molecular complexity index is 627. The van der Waals surface area contributed by atoms with Crippen LogP contribution in [0.4, 0.5) is 4.79 Å². The average molecular weight is 335 g/mol. The Hall–Kier alpha value is -2.09. The van der Waals surface area contributed by atoms with Crippen LogP contribution in [-0.4, -0.2) is 64.7 Å². The number of pyridine rings is 1. The molecule has 1 aromatic rings. The largest absolute Gasteiger partial charge is 0.439 e. The Balaban J connectivity index is 1.66. The Morgan fingerprint density at radius 1 is 1.35 bits per heavy atom. The molecule has 0 aliphatic carbocycles. The second-order valence-electron chi connectivity index (χ2n) is 5.40. The molecule has 0 atom stereocenters. The van der Waals surface area contributed by atoms with Gasteiger partial charge >= 0.3 is 6.09 Å². The molecule has 0 radical (unpaired) electrons. The van der Waals surface area contributed by atoms with Gasteiger partial charge in [-0.15, -0.1) is 11.8 Å². The number of cyclic esters (lactones) is 1. The first-order valence-corrected chi connectivity index (χ1v) is 8.61. The zero-order chi connectivity index (χ0) is 16.4. The number of piperidine rings is 1. The summed E-state index contributed by atoms with van der Waals surface area (Å²) < 4.78 is 4.75. The van der Waals surface area contributed by atoms with Crippen molar-refractivity contribution in [1.82, 2.24) is 14.8 Å². The number of thioether (sulfide) groups is 1. The van der Waals surface area contributed by atoms with Crippen molar-refractivity contribution in [2.24, 2.45) is 0 Å². The van der Waals surface area contributed by atoms with E-state index in [2.05, 4.69) is 4.98 Å². The van der Waals surface area contributed by atoms with Crippen LogP contribution in [0.1, 0.15) is 23.2 Å². The lowest BCUT2D eigenvalue weighted by Crippen LogP contribution is -2.48. The van der Waals surface area contributed by atoms with Crippen molar-refractivity contribution in [1.29, 1.82) is 0 Å². The number of ether oxygens (including phenoxy) is 1. The fraction of sp³-hybridized carbons (Fsp3) is 0.467. The van der Waals surface area contributed by atoms with Gasteiger partial charge in [0.2, 0.25) is 0 Å². The van der Waals surface area contributed by atoms with Crippen LogP contribution in [-0.2, 0) is 9.53 Å². The monoisotopic (exact) mass is 335 g/mol. The van der Waals surface area contributed by atoms with Gasteiger partial charge in [0.1, 0.15) is 5.03 Å². The molecular weight excluding hydrogens is 318 g/mol. The predicted octanol–water partition coefficient (Wildman–Crippen LogP) is 1.39. The van der Waals surface area contributed by atoms with Gasteiger partial charge in [0, 0.05) is 25.3 Å². The molecule has 2 aliphatic heterocycles. The van der Waals surface area contributed by atoms with E-state index in [-0.39, 0.29) is 24.5 Å². The maximum absolute atomic E-state index is 12.6. The highest BCUT2D eigenvalue weighted by Crippen LogP contribution is 2.24. The van der Waals surface area contributed by atoms with Gasteiger partial charge in [-0.1, -0.05) is 0 Å². The summed E-state index contributed by atoms with van der Waals surface area (Å²) in [5, 5.41) is 0.706. The predicted molar refractivity (Wildman–Crippen MR) is 83.1 cm³/mol. The Kier molecular flexibility index (Phi) is 4.51. The standard InChI is InChI=1S/C15H17N3O4S/c1-23-13-11(3-2-6-16-13)14(20)17-7-4-10(5-8-17)18-12(19)9-22-15(18)21/h2-3,6,10H,4-5,7-9H2,1H3. The SMILES string of the molecule is CSc1ncccc1C(=O)N1CCC(N2C(=O)COC2=O)CC1. The molecule has 0 unspecified atom stereocenters. The molecule has 3 amide bonds. The first-order chi connectivity index (χ1) is 11.1. The van der Waals surface area contributed by atoms with Crippen molar-refractivity contribution in [3.8, 4) is 0 Å². The summed E-state index contributed by atoms with van der Waals surface area (Å²) in [7, 11) is 0. The molecule has 2 saturated heterocycles. The van der Waals surface area contributed by atoms with Crippen molar-refractivity contribution in [2.45, 2.75) is 23.9 Å². The van der Waals surface area contributed by atoms with Gasteiger partial charge in [-0.25, -0.2) is 14.7 Å². The molecule has 0 N–H and O–H groups in total. The van der Waals surface area contributed by atoms with E-state index in [4.69, 9.17) is 4.74 Å². The van der Waals surface area contributed by atoms with E-state index in [1.165, 1.54) is 16.7 Å². The summed E-state index contributed by atoms with van der Waals surface area (Å²) in [5.74, 6) is -0.354. The number of nitrogens with zero attached hydrogens (tertiary/aromatic N) is 3. The summed E-state index contributed by atoms with van der Waals surface area (Å²) >= 11 is 1.44. The second-order valence-corrected chi connectivity index (χ2v) is 6.20. The van der Waals surface area contributed by atoms with Crippen LogP contribution in [0.5, 0.6) is 0 Å². The maximum atomic E-state index is 12.6. The summed E-state index contributed by atoms with van der Waals surface area (Å²) in [6.07, 6.45) is 4.12. The third-order valence-corrected chi connectivity index (χ3v) is 4.81. The molecule has 23 heavy (non-hydrogen) atoms. The molecule has 1 aromatic heterocycles. The van der Waals surface area contributed by atoms with Gasteiger partial charge in [0.05, 0.1) is 5.56 Å². The van der Waals surface area contributed by atoms with Crippen LogP contribution in [0.2, 0.25) is 0 Å². The van der Waals surface area contributed by atoms with E-state index in [0.29, 0.717) is 36.5 Å². The van der Waals surface area contributed by atoms with Crippen LogP contribution < -0.4 is 0 Å². The highest BCUT2D eigenvalue weighted by Gasteiger charge is 2.39. The molecule has 3 rings (SSSR count). The normalized spacial score (nSPS) is 19.2. The molecule has 7 nitrogen and oxygen atoms in total. The van der Waals surface area contributed by atoms with Crippen LogP contribution in [0, 0.1) is 0 Å². The summed E-state index contributed by atoms with van der Waals surface area (Å²) in [6.45, 7) is 0.831. The average Bonchev–Trinajstić information content (AvgIpc) is 2.93. The first kappa shape index (κ1) is 15.8. The van der Waals surface area contributed by atoms with Crippen molar-refractivity contribution < 1.29 is 19.1 Å². The van der Waals surface area contributed by atoms with Crippen LogP contribution in [0.3, 0.4) is 0 Å². The number of amides is 3. The summed E-state index contributed by atoms with van der Waals surface area (Å²) in [4.78, 5) is 43.1. The van der Waals surface area contributed by atoms with E-state index in [0.717, 1.165) is 0 Å². The molecule has 0 bridgehead atoms. The molecule has 0 spiro atoms. The fourth-order valence-corrected chi connectivity index (χ4v) is 3.47. The number of imide groups is 1. The van der Waals surface area contributed by atoms with E-state index < -0.39 is 6.09 Å². The topological polar surface area (TPSA) is 79.8 Å². The molecule has 2 fully saturated rings. The number of carbonyl (C=O) groups excluding carboxylic acids is 3. The number of rotatable bonds is 3. The van der Waals surface area contributed by atoms with Gasteiger partial charge in [-0.05, 0) is 31.2 Å². The van der Waals surface area contributed by atoms with Gasteiger partial charge in [-0.2, -0.15) is 0 Å². The maximum Gasteiger partial charge on any atom is 0.417 e. The van der Waals surface area contributed by atoms with Crippen LogP contribution >= 0.6 is 11.8 Å². The number of hydrogen-bond acceptors (Lipinski definition) is 6. The fourth-order valence-electron chi connectivity index (χ4n) is 2.93. The highest BCUT2D eigenvalue weighted by atomic mass is 32.2. The number of hydrogen-bond donors (Lipinski definition) is 0. The Labute approximate surface area is 138 Å². The van der Waals surface area contributed by atoms with Crippen LogP contribution in [0.25, 0.3) is 0 Å². The molecule has 3 heterocycles. The van der Waals surface area contributed by atoms with Gasteiger partial charge in [-0.3, -0.25) is 9.59 Å². The Morgan fingerprint density at radius 3 is 2.70 bits per heavy atom. The van der Waals surface area contributed by atoms with Crippen molar-refractivity contribution in [3.05, 3.63) is 23.9 Å². The van der Waals surface area contributed by atoms with E-state index >= 15 is 0 Å². The lowest BCUT2D eigenvalue weighted by molar-refractivity contribution is -0.127. The molecule has 0 aromatic carbocycles. The molecular formula is C15H17N3O4S. The lowest BCUT2D eigenvalue weighted by atomic mass is 10.0. The van der Waals surface area contributed by atoms with E-state index in [1.54, 1.807) is 23.2 Å². The zero-order valence-electron chi connectivity index (χ0n) is 12.7. The third kappa shape index (κ3) is 3.03. The minimum absolute atomic E-state index is 0.0591. The summed E-state index contributed by atoms with van der Waals surface area (Å²) in [6, 6.07) is 3.34. The van der Waals surface area contributed by atoms with Crippen molar-refractivity contribution >= 4 is 29.7 Å². The first-order valence-electron chi connectivity index (χ1n) is 7.39. The van der Waals surface area contributed by atoms with Gasteiger partial charge in [0.25, 0.3) is 11.8 Å². The van der Waals surface area contributed by atoms with Crippen molar-refractivity contribution in [3.63, 3.8) is 0 Å². The third-order valence-electron chi connectivity index (χ3n) is 4.10. The molecule has 0 saturated carbocycles. The van der Waals surface area contributed by atoms with E-state index in [1.807, 2.05) is 6.26 Å². The number of aromatic nitrogens is 1. The number of carbonyl (C=O) groups is 3.